The molecule has 142 valence electrons. The van der Waals surface area contributed by atoms with Gasteiger partial charge in [-0.3, -0.25) is 4.79 Å². The number of aryl methyl sites for hydroxylation is 2. The van der Waals surface area contributed by atoms with E-state index in [0.29, 0.717) is 13.0 Å². The maximum atomic E-state index is 11.9. The van der Waals surface area contributed by atoms with Crippen LogP contribution in [0.25, 0.3) is 0 Å². The van der Waals surface area contributed by atoms with Crippen molar-refractivity contribution in [1.29, 1.82) is 0 Å². The first-order chi connectivity index (χ1) is 12.7. The number of carbonyl (C=O) groups is 1. The van der Waals surface area contributed by atoms with Gasteiger partial charge in [0.25, 0.3) is 0 Å². The molecular weight excluding hydrogens is 322 g/mol. The van der Waals surface area contributed by atoms with Gasteiger partial charge in [0.1, 0.15) is 0 Å². The van der Waals surface area contributed by atoms with Crippen LogP contribution in [0.2, 0.25) is 0 Å². The van der Waals surface area contributed by atoms with E-state index in [4.69, 9.17) is 11.5 Å². The second kappa shape index (κ2) is 14.0. The van der Waals surface area contributed by atoms with Gasteiger partial charge in [-0.25, -0.2) is 0 Å². The molecule has 0 heterocycles. The molecule has 4 nitrogen and oxygen atoms in total. The molecule has 0 aliphatic heterocycles. The Labute approximate surface area is 158 Å². The van der Waals surface area contributed by atoms with Crippen LogP contribution in [0.4, 0.5) is 0 Å². The fraction of sp³-hybridized carbons (Fsp3) is 0.409. The fourth-order valence-electron chi connectivity index (χ4n) is 2.69. The minimum absolute atomic E-state index is 0.0543. The number of hydrogen-bond donors (Lipinski definition) is 3. The third-order valence-corrected chi connectivity index (χ3v) is 3.99. The molecule has 0 fully saturated rings. The number of hydrogen-bond acceptors (Lipinski definition) is 3. The zero-order valence-corrected chi connectivity index (χ0v) is 15.9. The highest BCUT2D eigenvalue weighted by Crippen LogP contribution is 2.11. The van der Waals surface area contributed by atoms with Crippen molar-refractivity contribution in [3.63, 3.8) is 0 Å². The van der Waals surface area contributed by atoms with Gasteiger partial charge in [0.05, 0.1) is 0 Å². The highest BCUT2D eigenvalue weighted by molar-refractivity contribution is 5.76. The number of amides is 1. The number of benzene rings is 2. The van der Waals surface area contributed by atoms with E-state index in [0.717, 1.165) is 32.2 Å². The molecule has 0 bridgehead atoms. The van der Waals surface area contributed by atoms with Crippen molar-refractivity contribution in [3.8, 4) is 0 Å². The minimum atomic E-state index is 0.0543. The van der Waals surface area contributed by atoms with E-state index in [-0.39, 0.29) is 11.9 Å². The normalized spacial score (nSPS) is 10.2. The van der Waals surface area contributed by atoms with Gasteiger partial charge in [-0.15, -0.1) is 0 Å². The molecule has 0 saturated carbocycles. The van der Waals surface area contributed by atoms with Crippen molar-refractivity contribution >= 4 is 5.91 Å². The van der Waals surface area contributed by atoms with Gasteiger partial charge < -0.3 is 16.8 Å². The molecule has 2 aromatic rings. The van der Waals surface area contributed by atoms with Gasteiger partial charge in [0.15, 0.2) is 0 Å². The van der Waals surface area contributed by atoms with Gasteiger partial charge in [-0.2, -0.15) is 0 Å². The lowest BCUT2D eigenvalue weighted by Crippen LogP contribution is -2.36. The molecule has 4 heteroatoms. The summed E-state index contributed by atoms with van der Waals surface area (Å²) in [4.78, 5) is 11.9. The molecule has 1 amide bonds. The predicted octanol–water partition coefficient (Wildman–Crippen LogP) is 3.05. The third kappa shape index (κ3) is 9.97. The van der Waals surface area contributed by atoms with Crippen molar-refractivity contribution in [2.24, 2.45) is 11.5 Å². The Morgan fingerprint density at radius 3 is 1.69 bits per heavy atom. The first-order valence-corrected chi connectivity index (χ1v) is 9.46. The topological polar surface area (TPSA) is 81.1 Å². The van der Waals surface area contributed by atoms with Crippen LogP contribution >= 0.6 is 0 Å². The first-order valence-electron chi connectivity index (χ1n) is 9.46. The zero-order valence-electron chi connectivity index (χ0n) is 15.9. The van der Waals surface area contributed by atoms with E-state index >= 15 is 0 Å². The van der Waals surface area contributed by atoms with Crippen LogP contribution < -0.4 is 16.8 Å². The van der Waals surface area contributed by atoms with Gasteiger partial charge in [-0.05, 0) is 43.4 Å². The van der Waals surface area contributed by atoms with E-state index in [1.54, 1.807) is 0 Å². The molecule has 0 atom stereocenters. The van der Waals surface area contributed by atoms with Crippen molar-refractivity contribution in [1.82, 2.24) is 5.32 Å². The smallest absolute Gasteiger partial charge is 0.221 e. The summed E-state index contributed by atoms with van der Waals surface area (Å²) in [6, 6.07) is 21.0. The number of carbonyl (C=O) groups excluding carboxylic acids is 1. The van der Waals surface area contributed by atoms with Crippen LogP contribution in [0, 0.1) is 0 Å². The summed E-state index contributed by atoms with van der Waals surface area (Å²) in [5, 5.41) is 3.14. The Morgan fingerprint density at radius 1 is 0.885 bits per heavy atom. The summed E-state index contributed by atoms with van der Waals surface area (Å²) in [6.45, 7) is 3.05. The van der Waals surface area contributed by atoms with E-state index in [1.807, 2.05) is 19.1 Å². The van der Waals surface area contributed by atoms with Crippen LogP contribution in [0.3, 0.4) is 0 Å². The molecule has 26 heavy (non-hydrogen) atoms. The Bertz CT molecular complexity index is 543. The minimum Gasteiger partial charge on any atom is -0.353 e. The summed E-state index contributed by atoms with van der Waals surface area (Å²) in [5.74, 6) is 0.0543. The number of nitrogens with two attached hydrogens (primary N) is 2. The molecule has 5 N–H and O–H groups in total. The van der Waals surface area contributed by atoms with E-state index in [2.05, 4.69) is 53.8 Å². The quantitative estimate of drug-likeness (QED) is 0.647. The van der Waals surface area contributed by atoms with Crippen LogP contribution in [0.1, 0.15) is 37.3 Å². The van der Waals surface area contributed by atoms with Gasteiger partial charge in [0, 0.05) is 19.0 Å². The highest BCUT2D eigenvalue weighted by Gasteiger charge is 2.12. The van der Waals surface area contributed by atoms with Crippen LogP contribution in [-0.2, 0) is 17.6 Å². The highest BCUT2D eigenvalue weighted by atomic mass is 16.1. The van der Waals surface area contributed by atoms with Crippen molar-refractivity contribution < 1.29 is 4.79 Å². The molecule has 0 aliphatic rings. The third-order valence-electron chi connectivity index (χ3n) is 3.99. The predicted molar refractivity (Wildman–Crippen MR) is 110 cm³/mol. The lowest BCUT2D eigenvalue weighted by Gasteiger charge is -2.19. The SMILES string of the molecule is CCN.NCCC(=O)NC(CCc1ccccc1)CCc1ccccc1. The fourth-order valence-corrected chi connectivity index (χ4v) is 2.69. The van der Waals surface area contributed by atoms with Gasteiger partial charge in [0.2, 0.25) is 5.91 Å². The second-order valence-electron chi connectivity index (χ2n) is 6.26. The summed E-state index contributed by atoms with van der Waals surface area (Å²) in [5.41, 5.74) is 12.9. The van der Waals surface area contributed by atoms with Crippen LogP contribution in [-0.4, -0.2) is 25.0 Å². The van der Waals surface area contributed by atoms with Crippen LogP contribution in [0.5, 0.6) is 0 Å². The average Bonchev–Trinajstić information content (AvgIpc) is 2.66. The lowest BCUT2D eigenvalue weighted by molar-refractivity contribution is -0.121. The second-order valence-corrected chi connectivity index (χ2v) is 6.26. The van der Waals surface area contributed by atoms with Gasteiger partial charge >= 0.3 is 0 Å². The number of nitrogens with one attached hydrogen (secondary N) is 1. The average molecular weight is 356 g/mol. The molecule has 0 aliphatic carbocycles. The first kappa shape index (κ1) is 21.9. The molecule has 0 radical (unpaired) electrons. The Balaban J connectivity index is 0.00000105. The van der Waals surface area contributed by atoms with E-state index in [1.165, 1.54) is 11.1 Å². The molecule has 2 aromatic carbocycles. The summed E-state index contributed by atoms with van der Waals surface area (Å²) >= 11 is 0. The Hall–Kier alpha value is -2.17. The summed E-state index contributed by atoms with van der Waals surface area (Å²) in [7, 11) is 0. The molecule has 0 unspecified atom stereocenters. The van der Waals surface area contributed by atoms with Crippen molar-refractivity contribution in [2.45, 2.75) is 45.1 Å². The molecule has 0 saturated heterocycles. The van der Waals surface area contributed by atoms with Crippen LogP contribution in [0.15, 0.2) is 60.7 Å². The summed E-state index contributed by atoms with van der Waals surface area (Å²) < 4.78 is 0. The lowest BCUT2D eigenvalue weighted by atomic mass is 9.99. The maximum Gasteiger partial charge on any atom is 0.221 e. The number of rotatable bonds is 9. The monoisotopic (exact) mass is 355 g/mol. The Kier molecular flexibility index (Phi) is 11.8. The largest absolute Gasteiger partial charge is 0.353 e. The van der Waals surface area contributed by atoms with E-state index < -0.39 is 0 Å². The Morgan fingerprint density at radius 2 is 1.31 bits per heavy atom. The summed E-state index contributed by atoms with van der Waals surface area (Å²) in [6.07, 6.45) is 4.25. The van der Waals surface area contributed by atoms with Gasteiger partial charge in [-0.1, -0.05) is 67.6 Å². The van der Waals surface area contributed by atoms with E-state index in [9.17, 15) is 4.79 Å². The molecule has 0 aromatic heterocycles. The maximum absolute atomic E-state index is 11.9. The standard InChI is InChI=1S/C20H26N2O.C2H7N/c21-16-15-20(23)22-19(13-11-17-7-3-1-4-8-17)14-12-18-9-5-2-6-10-18;1-2-3/h1-10,19H,11-16,21H2,(H,22,23);2-3H2,1H3. The van der Waals surface area contributed by atoms with Crippen molar-refractivity contribution in [3.05, 3.63) is 71.8 Å². The van der Waals surface area contributed by atoms with Crippen molar-refractivity contribution in [2.75, 3.05) is 13.1 Å². The molecule has 2 rings (SSSR count). The zero-order chi connectivity index (χ0) is 19.0. The molecule has 0 spiro atoms. The molecular formula is C22H33N3O.